The number of aryl methyl sites for hydroxylation is 2. The Morgan fingerprint density at radius 3 is 2.32 bits per heavy atom. The first-order chi connectivity index (χ1) is 13.2. The fourth-order valence-electron chi connectivity index (χ4n) is 2.35. The molecular formula is C19H21ClN4O4. The van der Waals surface area contributed by atoms with Crippen molar-refractivity contribution < 1.29 is 19.8 Å². The molecule has 0 amide bonds. The molecule has 0 aliphatic heterocycles. The summed E-state index contributed by atoms with van der Waals surface area (Å²) in [6, 6.07) is 8.00. The third-order valence-electron chi connectivity index (χ3n) is 3.77. The van der Waals surface area contributed by atoms with Gasteiger partial charge in [-0.1, -0.05) is 17.7 Å². The molecule has 0 unspecified atom stereocenters. The van der Waals surface area contributed by atoms with Crippen LogP contribution in [0.1, 0.15) is 24.1 Å². The van der Waals surface area contributed by atoms with Crippen molar-refractivity contribution in [3.63, 3.8) is 0 Å². The van der Waals surface area contributed by atoms with Gasteiger partial charge in [-0.2, -0.15) is 10.2 Å². The van der Waals surface area contributed by atoms with Crippen molar-refractivity contribution in [2.75, 3.05) is 0 Å². The Morgan fingerprint density at radius 2 is 1.79 bits per heavy atom. The standard InChI is InChI=1S/C15H15ClN4.C4H6O4/c1-11-7-12(3-4-15(11)16)13-8-17-20(9-13)10-14-5-6-19(2)18-14;5-3(6)1-2-4(7)8/h3-9H,10H2,1-2H3;1-2H2,(H,5,6)(H,7,8). The summed E-state index contributed by atoms with van der Waals surface area (Å²) >= 11 is 6.05. The van der Waals surface area contributed by atoms with Crippen LogP contribution in [0.25, 0.3) is 11.1 Å². The van der Waals surface area contributed by atoms with Crippen LogP contribution in [0, 0.1) is 6.92 Å². The minimum absolute atomic E-state index is 0.296. The topological polar surface area (TPSA) is 110 Å². The van der Waals surface area contributed by atoms with E-state index in [2.05, 4.69) is 16.3 Å². The van der Waals surface area contributed by atoms with Crippen LogP contribution in [-0.4, -0.2) is 41.7 Å². The third kappa shape index (κ3) is 6.55. The molecule has 0 fully saturated rings. The maximum absolute atomic E-state index is 9.64. The van der Waals surface area contributed by atoms with Gasteiger partial charge in [-0.05, 0) is 36.2 Å². The summed E-state index contributed by atoms with van der Waals surface area (Å²) in [4.78, 5) is 19.3. The Morgan fingerprint density at radius 1 is 1.11 bits per heavy atom. The highest BCUT2D eigenvalue weighted by Crippen LogP contribution is 2.24. The summed E-state index contributed by atoms with van der Waals surface area (Å²) in [6.45, 7) is 2.68. The molecule has 0 saturated carbocycles. The van der Waals surface area contributed by atoms with Gasteiger partial charge in [-0.3, -0.25) is 19.0 Å². The van der Waals surface area contributed by atoms with E-state index in [0.29, 0.717) is 6.54 Å². The molecule has 0 atom stereocenters. The molecule has 28 heavy (non-hydrogen) atoms. The fraction of sp³-hybridized carbons (Fsp3) is 0.263. The predicted octanol–water partition coefficient (Wildman–Crippen LogP) is 3.23. The molecule has 0 spiro atoms. The lowest BCUT2D eigenvalue weighted by molar-refractivity contribution is -0.143. The van der Waals surface area contributed by atoms with Crippen LogP contribution in [-0.2, 0) is 23.2 Å². The van der Waals surface area contributed by atoms with E-state index in [1.165, 1.54) is 0 Å². The lowest BCUT2D eigenvalue weighted by atomic mass is 10.1. The normalized spacial score (nSPS) is 10.2. The molecule has 3 rings (SSSR count). The highest BCUT2D eigenvalue weighted by molar-refractivity contribution is 6.31. The monoisotopic (exact) mass is 404 g/mol. The van der Waals surface area contributed by atoms with Crippen LogP contribution >= 0.6 is 11.6 Å². The van der Waals surface area contributed by atoms with Crippen molar-refractivity contribution in [2.45, 2.75) is 26.3 Å². The Hall–Kier alpha value is -3.13. The number of hydrogen-bond donors (Lipinski definition) is 2. The van der Waals surface area contributed by atoms with E-state index >= 15 is 0 Å². The number of carbonyl (C=O) groups is 2. The summed E-state index contributed by atoms with van der Waals surface area (Å²) in [7, 11) is 1.91. The largest absolute Gasteiger partial charge is 0.481 e. The summed E-state index contributed by atoms with van der Waals surface area (Å²) < 4.78 is 3.68. The van der Waals surface area contributed by atoms with E-state index in [1.807, 2.05) is 55.4 Å². The minimum Gasteiger partial charge on any atom is -0.481 e. The van der Waals surface area contributed by atoms with Crippen molar-refractivity contribution in [3.8, 4) is 11.1 Å². The average molecular weight is 405 g/mol. The molecule has 2 aromatic heterocycles. The van der Waals surface area contributed by atoms with E-state index in [-0.39, 0.29) is 12.8 Å². The van der Waals surface area contributed by atoms with E-state index < -0.39 is 11.9 Å². The zero-order valence-corrected chi connectivity index (χ0v) is 16.3. The van der Waals surface area contributed by atoms with Gasteiger partial charge in [-0.25, -0.2) is 0 Å². The molecule has 0 saturated heterocycles. The van der Waals surface area contributed by atoms with Crippen LogP contribution < -0.4 is 0 Å². The molecule has 2 N–H and O–H groups in total. The smallest absolute Gasteiger partial charge is 0.303 e. The average Bonchev–Trinajstić information content (AvgIpc) is 3.25. The first kappa shape index (κ1) is 21.2. The Kier molecular flexibility index (Phi) is 7.34. The highest BCUT2D eigenvalue weighted by atomic mass is 35.5. The molecule has 1 aromatic carbocycles. The number of carboxylic acid groups (broad SMARTS) is 2. The van der Waals surface area contributed by atoms with Gasteiger partial charge in [0.2, 0.25) is 0 Å². The number of aromatic nitrogens is 4. The zero-order valence-electron chi connectivity index (χ0n) is 15.5. The van der Waals surface area contributed by atoms with E-state index in [4.69, 9.17) is 21.8 Å². The fourth-order valence-corrected chi connectivity index (χ4v) is 2.47. The second kappa shape index (κ2) is 9.70. The number of aliphatic carboxylic acids is 2. The van der Waals surface area contributed by atoms with Gasteiger partial charge >= 0.3 is 11.9 Å². The molecule has 0 aliphatic rings. The number of hydrogen-bond acceptors (Lipinski definition) is 4. The number of nitrogens with zero attached hydrogens (tertiary/aromatic N) is 4. The highest BCUT2D eigenvalue weighted by Gasteiger charge is 2.05. The quantitative estimate of drug-likeness (QED) is 0.652. The van der Waals surface area contributed by atoms with E-state index in [1.54, 1.807) is 4.68 Å². The van der Waals surface area contributed by atoms with Gasteiger partial charge < -0.3 is 10.2 Å². The van der Waals surface area contributed by atoms with Crippen LogP contribution in [0.2, 0.25) is 5.02 Å². The van der Waals surface area contributed by atoms with Crippen molar-refractivity contribution in [1.82, 2.24) is 19.6 Å². The maximum atomic E-state index is 9.64. The molecule has 9 heteroatoms. The second-order valence-electron chi connectivity index (χ2n) is 6.16. The van der Waals surface area contributed by atoms with Crippen molar-refractivity contribution in [1.29, 1.82) is 0 Å². The summed E-state index contributed by atoms with van der Waals surface area (Å²) in [6.07, 6.45) is 5.23. The second-order valence-corrected chi connectivity index (χ2v) is 6.57. The molecule has 8 nitrogen and oxygen atoms in total. The van der Waals surface area contributed by atoms with Crippen molar-refractivity contribution >= 4 is 23.5 Å². The van der Waals surface area contributed by atoms with Crippen LogP contribution in [0.5, 0.6) is 0 Å². The summed E-state index contributed by atoms with van der Waals surface area (Å²) in [5.74, 6) is -2.15. The van der Waals surface area contributed by atoms with E-state index in [9.17, 15) is 9.59 Å². The number of carboxylic acids is 2. The molecule has 3 aromatic rings. The van der Waals surface area contributed by atoms with Gasteiger partial charge in [0.05, 0.1) is 31.3 Å². The van der Waals surface area contributed by atoms with Gasteiger partial charge in [0.15, 0.2) is 0 Å². The van der Waals surface area contributed by atoms with Gasteiger partial charge in [0.1, 0.15) is 0 Å². The molecule has 148 valence electrons. The maximum Gasteiger partial charge on any atom is 0.303 e. The first-order valence-electron chi connectivity index (χ1n) is 8.45. The summed E-state index contributed by atoms with van der Waals surface area (Å²) in [5, 5.41) is 25.3. The van der Waals surface area contributed by atoms with Crippen LogP contribution in [0.3, 0.4) is 0 Å². The number of benzene rings is 1. The van der Waals surface area contributed by atoms with Gasteiger partial charge in [-0.15, -0.1) is 0 Å². The molecule has 2 heterocycles. The first-order valence-corrected chi connectivity index (χ1v) is 8.83. The minimum atomic E-state index is -1.08. The Labute approximate surface area is 167 Å². The molecule has 0 aliphatic carbocycles. The van der Waals surface area contributed by atoms with Gasteiger partial charge in [0, 0.05) is 30.0 Å². The molecule has 0 bridgehead atoms. The Balaban J connectivity index is 0.000000300. The lowest BCUT2D eigenvalue weighted by Crippen LogP contribution is -2.01. The predicted molar refractivity (Wildman–Crippen MR) is 104 cm³/mol. The van der Waals surface area contributed by atoms with Crippen molar-refractivity contribution in [3.05, 3.63) is 59.1 Å². The number of halogens is 1. The third-order valence-corrected chi connectivity index (χ3v) is 4.19. The summed E-state index contributed by atoms with van der Waals surface area (Å²) in [5.41, 5.74) is 4.27. The zero-order chi connectivity index (χ0) is 20.7. The molecule has 0 radical (unpaired) electrons. The number of rotatable bonds is 6. The SMILES string of the molecule is Cc1cc(-c2cnn(Cc3ccn(C)n3)c2)ccc1Cl.O=C(O)CCC(=O)O. The Bertz CT molecular complexity index is 951. The lowest BCUT2D eigenvalue weighted by Gasteiger charge is -2.01. The van der Waals surface area contributed by atoms with Crippen LogP contribution in [0.4, 0.5) is 0 Å². The molecular weight excluding hydrogens is 384 g/mol. The van der Waals surface area contributed by atoms with Crippen molar-refractivity contribution in [2.24, 2.45) is 7.05 Å². The van der Waals surface area contributed by atoms with Gasteiger partial charge in [0.25, 0.3) is 0 Å². The van der Waals surface area contributed by atoms with E-state index in [0.717, 1.165) is 27.4 Å². The van der Waals surface area contributed by atoms with Crippen LogP contribution in [0.15, 0.2) is 42.9 Å².